The summed E-state index contributed by atoms with van der Waals surface area (Å²) in [5.41, 5.74) is 1.36. The summed E-state index contributed by atoms with van der Waals surface area (Å²) in [4.78, 5) is 22.7. The van der Waals surface area contributed by atoms with E-state index in [1.165, 1.54) is 6.92 Å². The Morgan fingerprint density at radius 1 is 1.16 bits per heavy atom. The molecule has 0 saturated heterocycles. The number of anilines is 1. The molecule has 0 aliphatic heterocycles. The fraction of sp³-hybridized carbons (Fsp3) is 0.467. The zero-order valence-corrected chi connectivity index (χ0v) is 11.8. The number of Topliss-reactive ketones (excluding diaryl/α,β-unsaturated/α-hetero) is 1. The van der Waals surface area contributed by atoms with Gasteiger partial charge in [-0.2, -0.15) is 0 Å². The molecule has 104 valence electrons. The minimum absolute atomic E-state index is 0.0215. The zero-order valence-electron chi connectivity index (χ0n) is 11.8. The Labute approximate surface area is 114 Å². The lowest BCUT2D eigenvalue weighted by molar-refractivity contribution is -0.115. The number of ketones is 1. The predicted molar refractivity (Wildman–Crippen MR) is 77.4 cm³/mol. The van der Waals surface area contributed by atoms with Crippen LogP contribution in [0, 0.1) is 5.92 Å². The molecule has 1 amide bonds. The molecule has 19 heavy (non-hydrogen) atoms. The van der Waals surface area contributed by atoms with Crippen molar-refractivity contribution in [3.05, 3.63) is 29.8 Å². The van der Waals surface area contributed by atoms with Crippen LogP contribution in [-0.2, 0) is 4.79 Å². The first-order valence-corrected chi connectivity index (χ1v) is 6.60. The maximum Gasteiger partial charge on any atom is 0.238 e. The average Bonchev–Trinajstić information content (AvgIpc) is 2.35. The van der Waals surface area contributed by atoms with Crippen molar-refractivity contribution in [3.63, 3.8) is 0 Å². The van der Waals surface area contributed by atoms with Gasteiger partial charge < -0.3 is 10.6 Å². The standard InChI is InChI=1S/C15H22N2O2/c1-11(2)8-9-16-10-15(19)17-14-6-4-13(5-7-14)12(3)18/h4-7,11,16H,8-10H2,1-3H3,(H,17,19). The van der Waals surface area contributed by atoms with Gasteiger partial charge in [-0.1, -0.05) is 13.8 Å². The van der Waals surface area contributed by atoms with Gasteiger partial charge in [0.05, 0.1) is 6.54 Å². The Hall–Kier alpha value is -1.68. The molecule has 0 spiro atoms. The SMILES string of the molecule is CC(=O)c1ccc(NC(=O)CNCCC(C)C)cc1. The topological polar surface area (TPSA) is 58.2 Å². The Morgan fingerprint density at radius 3 is 2.32 bits per heavy atom. The van der Waals surface area contributed by atoms with Crippen molar-refractivity contribution in [2.75, 3.05) is 18.4 Å². The number of benzene rings is 1. The van der Waals surface area contributed by atoms with Gasteiger partial charge in [-0.05, 0) is 50.1 Å². The van der Waals surface area contributed by atoms with Crippen LogP contribution in [0.5, 0.6) is 0 Å². The summed E-state index contributed by atoms with van der Waals surface area (Å²) in [5.74, 6) is 0.585. The fourth-order valence-electron chi connectivity index (χ4n) is 1.59. The highest BCUT2D eigenvalue weighted by Crippen LogP contribution is 2.09. The molecule has 1 rings (SSSR count). The largest absolute Gasteiger partial charge is 0.325 e. The van der Waals surface area contributed by atoms with Crippen molar-refractivity contribution in [2.24, 2.45) is 5.92 Å². The van der Waals surface area contributed by atoms with E-state index in [-0.39, 0.29) is 11.7 Å². The molecule has 0 unspecified atom stereocenters. The third-order valence-electron chi connectivity index (χ3n) is 2.76. The van der Waals surface area contributed by atoms with Gasteiger partial charge in [0.25, 0.3) is 0 Å². The lowest BCUT2D eigenvalue weighted by Gasteiger charge is -2.08. The Kier molecular flexibility index (Phi) is 6.22. The molecule has 0 radical (unpaired) electrons. The van der Waals surface area contributed by atoms with Crippen LogP contribution in [0.2, 0.25) is 0 Å². The van der Waals surface area contributed by atoms with E-state index >= 15 is 0 Å². The van der Waals surface area contributed by atoms with Gasteiger partial charge in [0.2, 0.25) is 5.91 Å². The highest BCUT2D eigenvalue weighted by atomic mass is 16.2. The summed E-state index contributed by atoms with van der Waals surface area (Å²) in [5, 5.41) is 5.88. The number of rotatable bonds is 7. The number of hydrogen-bond acceptors (Lipinski definition) is 3. The third kappa shape index (κ3) is 6.15. The summed E-state index contributed by atoms with van der Waals surface area (Å²) < 4.78 is 0. The first kappa shape index (κ1) is 15.4. The van der Waals surface area contributed by atoms with Gasteiger partial charge in [-0.25, -0.2) is 0 Å². The molecule has 2 N–H and O–H groups in total. The quantitative estimate of drug-likeness (QED) is 0.586. The first-order chi connectivity index (χ1) is 8.99. The maximum atomic E-state index is 11.6. The second-order valence-electron chi connectivity index (χ2n) is 5.04. The Morgan fingerprint density at radius 2 is 1.79 bits per heavy atom. The molecular formula is C15H22N2O2. The normalized spacial score (nSPS) is 10.5. The van der Waals surface area contributed by atoms with E-state index < -0.39 is 0 Å². The highest BCUT2D eigenvalue weighted by Gasteiger charge is 2.03. The van der Waals surface area contributed by atoms with Crippen LogP contribution >= 0.6 is 0 Å². The average molecular weight is 262 g/mol. The molecule has 0 aromatic heterocycles. The molecule has 0 atom stereocenters. The number of carbonyl (C=O) groups excluding carboxylic acids is 2. The molecule has 0 fully saturated rings. The van der Waals surface area contributed by atoms with Gasteiger partial charge in [-0.3, -0.25) is 9.59 Å². The number of amides is 1. The van der Waals surface area contributed by atoms with Crippen LogP contribution in [0.4, 0.5) is 5.69 Å². The fourth-order valence-corrected chi connectivity index (χ4v) is 1.59. The zero-order chi connectivity index (χ0) is 14.3. The summed E-state index contributed by atoms with van der Waals surface area (Å²) in [6, 6.07) is 6.90. The molecular weight excluding hydrogens is 240 g/mol. The van der Waals surface area contributed by atoms with Gasteiger partial charge in [0, 0.05) is 11.3 Å². The molecule has 1 aromatic rings. The first-order valence-electron chi connectivity index (χ1n) is 6.60. The smallest absolute Gasteiger partial charge is 0.238 e. The van der Waals surface area contributed by atoms with Crippen LogP contribution < -0.4 is 10.6 Å². The third-order valence-corrected chi connectivity index (χ3v) is 2.76. The summed E-state index contributed by atoms with van der Waals surface area (Å²) >= 11 is 0. The minimum atomic E-state index is -0.0701. The molecule has 4 heteroatoms. The van der Waals surface area contributed by atoms with E-state index in [0.717, 1.165) is 13.0 Å². The molecule has 4 nitrogen and oxygen atoms in total. The van der Waals surface area contributed by atoms with Gasteiger partial charge in [0.1, 0.15) is 0 Å². The molecule has 1 aromatic carbocycles. The lowest BCUT2D eigenvalue weighted by Crippen LogP contribution is -2.29. The van der Waals surface area contributed by atoms with Crippen LogP contribution in [0.25, 0.3) is 0 Å². The molecule has 0 bridgehead atoms. The van der Waals surface area contributed by atoms with E-state index in [9.17, 15) is 9.59 Å². The summed E-state index contributed by atoms with van der Waals surface area (Å²) in [6.45, 7) is 6.97. The maximum absolute atomic E-state index is 11.6. The van der Waals surface area contributed by atoms with Crippen molar-refractivity contribution in [2.45, 2.75) is 27.2 Å². The van der Waals surface area contributed by atoms with Crippen LogP contribution in [0.15, 0.2) is 24.3 Å². The van der Waals surface area contributed by atoms with E-state index in [4.69, 9.17) is 0 Å². The number of hydrogen-bond donors (Lipinski definition) is 2. The van der Waals surface area contributed by atoms with Crippen LogP contribution in [0.3, 0.4) is 0 Å². The van der Waals surface area contributed by atoms with Gasteiger partial charge >= 0.3 is 0 Å². The van der Waals surface area contributed by atoms with E-state index in [1.54, 1.807) is 24.3 Å². The van der Waals surface area contributed by atoms with Crippen molar-refractivity contribution >= 4 is 17.4 Å². The minimum Gasteiger partial charge on any atom is -0.325 e. The van der Waals surface area contributed by atoms with E-state index in [1.807, 2.05) is 0 Å². The highest BCUT2D eigenvalue weighted by molar-refractivity contribution is 5.96. The molecule has 0 heterocycles. The van der Waals surface area contributed by atoms with Gasteiger partial charge in [-0.15, -0.1) is 0 Å². The molecule has 0 aliphatic carbocycles. The van der Waals surface area contributed by atoms with Crippen molar-refractivity contribution < 1.29 is 9.59 Å². The monoisotopic (exact) mass is 262 g/mol. The van der Waals surface area contributed by atoms with Gasteiger partial charge in [0.15, 0.2) is 5.78 Å². The van der Waals surface area contributed by atoms with Crippen molar-refractivity contribution in [1.82, 2.24) is 5.32 Å². The molecule has 0 aliphatic rings. The summed E-state index contributed by atoms with van der Waals surface area (Å²) in [6.07, 6.45) is 1.06. The van der Waals surface area contributed by atoms with E-state index in [0.29, 0.717) is 23.7 Å². The van der Waals surface area contributed by atoms with E-state index in [2.05, 4.69) is 24.5 Å². The lowest BCUT2D eigenvalue weighted by atomic mass is 10.1. The predicted octanol–water partition coefficient (Wildman–Crippen LogP) is 2.46. The second kappa shape index (κ2) is 7.69. The Bertz CT molecular complexity index is 424. The van der Waals surface area contributed by atoms with Crippen molar-refractivity contribution in [1.29, 1.82) is 0 Å². The summed E-state index contributed by atoms with van der Waals surface area (Å²) in [7, 11) is 0. The van der Waals surface area contributed by atoms with Crippen LogP contribution in [0.1, 0.15) is 37.6 Å². The second-order valence-corrected chi connectivity index (χ2v) is 5.04. The Balaban J connectivity index is 2.34. The number of nitrogens with one attached hydrogen (secondary N) is 2. The molecule has 0 saturated carbocycles. The van der Waals surface area contributed by atoms with Crippen LogP contribution in [-0.4, -0.2) is 24.8 Å². The number of carbonyl (C=O) groups is 2. The van der Waals surface area contributed by atoms with Crippen molar-refractivity contribution in [3.8, 4) is 0 Å².